The largest absolute Gasteiger partial charge is 0.480 e. The first-order chi connectivity index (χ1) is 8.38. The average molecular weight is 254 g/mol. The first-order valence-electron chi connectivity index (χ1n) is 5.81. The number of carbonyl (C=O) groups excluding carboxylic acids is 1. The summed E-state index contributed by atoms with van der Waals surface area (Å²) in [6.45, 7) is 5.49. The van der Waals surface area contributed by atoms with E-state index in [0.29, 0.717) is 18.0 Å². The molecule has 100 valence electrons. The second-order valence-corrected chi connectivity index (χ2v) is 4.62. The van der Waals surface area contributed by atoms with Crippen LogP contribution >= 0.6 is 0 Å². The molecule has 1 aromatic heterocycles. The average Bonchev–Trinajstić information content (AvgIpc) is 2.62. The van der Waals surface area contributed by atoms with Crippen molar-refractivity contribution in [1.82, 2.24) is 10.3 Å². The number of amides is 1. The van der Waals surface area contributed by atoms with E-state index in [0.717, 1.165) is 0 Å². The molecule has 0 saturated heterocycles. The first-order valence-corrected chi connectivity index (χ1v) is 5.81. The van der Waals surface area contributed by atoms with Crippen LogP contribution in [0.4, 0.5) is 0 Å². The lowest BCUT2D eigenvalue weighted by atomic mass is 10.0. The van der Waals surface area contributed by atoms with Crippen LogP contribution in [0.2, 0.25) is 0 Å². The van der Waals surface area contributed by atoms with E-state index >= 15 is 0 Å². The molecule has 0 aliphatic heterocycles. The smallest absolute Gasteiger partial charge is 0.326 e. The van der Waals surface area contributed by atoms with Crippen molar-refractivity contribution in [1.29, 1.82) is 0 Å². The maximum Gasteiger partial charge on any atom is 0.326 e. The predicted octanol–water partition coefficient (Wildman–Crippen LogP) is 1.14. The van der Waals surface area contributed by atoms with Gasteiger partial charge in [-0.1, -0.05) is 13.8 Å². The van der Waals surface area contributed by atoms with Gasteiger partial charge in [0.2, 0.25) is 5.91 Å². The Morgan fingerprint density at radius 2 is 2.17 bits per heavy atom. The number of hydrogen-bond donors (Lipinski definition) is 2. The van der Waals surface area contributed by atoms with Crippen molar-refractivity contribution in [3.8, 4) is 0 Å². The number of hydrogen-bond acceptors (Lipinski definition) is 4. The third-order valence-corrected chi connectivity index (χ3v) is 2.35. The second kappa shape index (κ2) is 6.18. The lowest BCUT2D eigenvalue weighted by molar-refractivity contribution is -0.142. The highest BCUT2D eigenvalue weighted by molar-refractivity contribution is 5.84. The summed E-state index contributed by atoms with van der Waals surface area (Å²) in [5, 5.41) is 11.5. The number of nitrogens with one attached hydrogen (secondary N) is 1. The molecule has 0 aromatic carbocycles. The van der Waals surface area contributed by atoms with Crippen LogP contribution in [0, 0.1) is 12.8 Å². The van der Waals surface area contributed by atoms with Crippen LogP contribution in [0.25, 0.3) is 0 Å². The summed E-state index contributed by atoms with van der Waals surface area (Å²) >= 11 is 0. The third kappa shape index (κ3) is 4.57. The molecule has 1 heterocycles. The van der Waals surface area contributed by atoms with Gasteiger partial charge >= 0.3 is 5.97 Å². The standard InChI is InChI=1S/C12H18N2O4/c1-7(2)4-10(12(16)17)14-11(15)5-9-6-18-8(3)13-9/h6-7,10H,4-5H2,1-3H3,(H,14,15)(H,16,17)/t10-/m1/s1. The zero-order chi connectivity index (χ0) is 13.7. The Kier molecular flexibility index (Phi) is 4.88. The van der Waals surface area contributed by atoms with Crippen LogP contribution in [-0.4, -0.2) is 28.0 Å². The van der Waals surface area contributed by atoms with Gasteiger partial charge in [-0.3, -0.25) is 4.79 Å². The summed E-state index contributed by atoms with van der Waals surface area (Å²) in [6.07, 6.45) is 1.82. The van der Waals surface area contributed by atoms with Crippen molar-refractivity contribution < 1.29 is 19.1 Å². The molecule has 18 heavy (non-hydrogen) atoms. The van der Waals surface area contributed by atoms with E-state index in [1.165, 1.54) is 6.26 Å². The predicted molar refractivity (Wildman–Crippen MR) is 64.0 cm³/mol. The Morgan fingerprint density at radius 3 is 2.61 bits per heavy atom. The quantitative estimate of drug-likeness (QED) is 0.794. The Balaban J connectivity index is 2.53. The second-order valence-electron chi connectivity index (χ2n) is 4.62. The summed E-state index contributed by atoms with van der Waals surface area (Å²) in [7, 11) is 0. The molecule has 6 nitrogen and oxygen atoms in total. The van der Waals surface area contributed by atoms with E-state index in [4.69, 9.17) is 9.52 Å². The molecule has 0 bridgehead atoms. The van der Waals surface area contributed by atoms with Gasteiger partial charge in [0.05, 0.1) is 12.1 Å². The molecule has 6 heteroatoms. The van der Waals surface area contributed by atoms with Gasteiger partial charge in [-0.15, -0.1) is 0 Å². The highest BCUT2D eigenvalue weighted by atomic mass is 16.4. The van der Waals surface area contributed by atoms with Gasteiger partial charge in [0.1, 0.15) is 12.3 Å². The van der Waals surface area contributed by atoms with Crippen molar-refractivity contribution in [2.24, 2.45) is 5.92 Å². The number of carboxylic acids is 1. The van der Waals surface area contributed by atoms with Gasteiger partial charge < -0.3 is 14.8 Å². The molecule has 0 aliphatic rings. The number of aryl methyl sites for hydroxylation is 1. The van der Waals surface area contributed by atoms with Gasteiger partial charge in [0, 0.05) is 6.92 Å². The van der Waals surface area contributed by atoms with E-state index in [2.05, 4.69) is 10.3 Å². The summed E-state index contributed by atoms with van der Waals surface area (Å²) < 4.78 is 4.97. The minimum Gasteiger partial charge on any atom is -0.480 e. The fourth-order valence-corrected chi connectivity index (χ4v) is 1.59. The van der Waals surface area contributed by atoms with Gasteiger partial charge in [-0.25, -0.2) is 9.78 Å². The molecular weight excluding hydrogens is 236 g/mol. The maximum absolute atomic E-state index is 11.7. The Labute approximate surface area is 105 Å². The molecule has 0 unspecified atom stereocenters. The van der Waals surface area contributed by atoms with Crippen molar-refractivity contribution in [2.75, 3.05) is 0 Å². The molecule has 0 spiro atoms. The van der Waals surface area contributed by atoms with Crippen molar-refractivity contribution in [3.05, 3.63) is 17.8 Å². The first kappa shape index (κ1) is 14.2. The molecule has 1 aromatic rings. The van der Waals surface area contributed by atoms with Gasteiger partial charge in [0.15, 0.2) is 5.89 Å². The van der Waals surface area contributed by atoms with E-state index < -0.39 is 12.0 Å². The van der Waals surface area contributed by atoms with Gasteiger partial charge in [-0.05, 0) is 12.3 Å². The Morgan fingerprint density at radius 1 is 1.50 bits per heavy atom. The number of carbonyl (C=O) groups is 2. The normalized spacial score (nSPS) is 12.4. The number of aliphatic carboxylic acids is 1. The summed E-state index contributed by atoms with van der Waals surface area (Å²) in [5.41, 5.74) is 0.499. The Bertz CT molecular complexity index is 425. The van der Waals surface area contributed by atoms with Gasteiger partial charge in [0.25, 0.3) is 0 Å². The number of rotatable bonds is 6. The van der Waals surface area contributed by atoms with E-state index in [-0.39, 0.29) is 18.2 Å². The topological polar surface area (TPSA) is 92.4 Å². The summed E-state index contributed by atoms with van der Waals surface area (Å²) in [4.78, 5) is 26.6. The van der Waals surface area contributed by atoms with Crippen molar-refractivity contribution >= 4 is 11.9 Å². The molecule has 0 saturated carbocycles. The number of nitrogens with zero attached hydrogens (tertiary/aromatic N) is 1. The molecule has 0 aliphatic carbocycles. The zero-order valence-electron chi connectivity index (χ0n) is 10.8. The molecule has 1 rings (SSSR count). The fourth-order valence-electron chi connectivity index (χ4n) is 1.59. The van der Waals surface area contributed by atoms with Crippen LogP contribution in [0.5, 0.6) is 0 Å². The number of aromatic nitrogens is 1. The molecule has 0 radical (unpaired) electrons. The highest BCUT2D eigenvalue weighted by Crippen LogP contribution is 2.06. The molecule has 0 fully saturated rings. The maximum atomic E-state index is 11.7. The lowest BCUT2D eigenvalue weighted by Gasteiger charge is -2.15. The van der Waals surface area contributed by atoms with E-state index in [9.17, 15) is 9.59 Å². The summed E-state index contributed by atoms with van der Waals surface area (Å²) in [6, 6.07) is -0.856. The Hall–Kier alpha value is -1.85. The van der Waals surface area contributed by atoms with Crippen molar-refractivity contribution in [2.45, 2.75) is 39.7 Å². The van der Waals surface area contributed by atoms with Crippen LogP contribution in [0.3, 0.4) is 0 Å². The zero-order valence-corrected chi connectivity index (χ0v) is 10.8. The lowest BCUT2D eigenvalue weighted by Crippen LogP contribution is -2.42. The SMILES string of the molecule is Cc1nc(CC(=O)N[C@H](CC(C)C)C(=O)O)co1. The van der Waals surface area contributed by atoms with Crippen LogP contribution in [0.15, 0.2) is 10.7 Å². The minimum absolute atomic E-state index is 0.0270. The minimum atomic E-state index is -1.02. The van der Waals surface area contributed by atoms with Crippen molar-refractivity contribution in [3.63, 3.8) is 0 Å². The van der Waals surface area contributed by atoms with E-state index in [1.807, 2.05) is 13.8 Å². The summed E-state index contributed by atoms with van der Waals surface area (Å²) in [5.74, 6) is -0.708. The fraction of sp³-hybridized carbons (Fsp3) is 0.583. The number of oxazole rings is 1. The highest BCUT2D eigenvalue weighted by Gasteiger charge is 2.21. The molecule has 2 N–H and O–H groups in total. The molecule has 1 amide bonds. The molecular formula is C12H18N2O4. The number of carboxylic acid groups (broad SMARTS) is 1. The van der Waals surface area contributed by atoms with Gasteiger partial charge in [-0.2, -0.15) is 0 Å². The van der Waals surface area contributed by atoms with Crippen LogP contribution in [0.1, 0.15) is 31.9 Å². The monoisotopic (exact) mass is 254 g/mol. The van der Waals surface area contributed by atoms with Crippen LogP contribution < -0.4 is 5.32 Å². The third-order valence-electron chi connectivity index (χ3n) is 2.35. The van der Waals surface area contributed by atoms with E-state index in [1.54, 1.807) is 6.92 Å². The molecule has 1 atom stereocenters. The van der Waals surface area contributed by atoms with Crippen LogP contribution in [-0.2, 0) is 16.0 Å².